The van der Waals surface area contributed by atoms with Crippen LogP contribution in [0, 0.1) is 11.3 Å². The molecular weight excluding hydrogens is 477 g/mol. The van der Waals surface area contributed by atoms with Gasteiger partial charge in [0.2, 0.25) is 0 Å². The number of fused-ring (bicyclic) bond motifs is 1. The smallest absolute Gasteiger partial charge is 0.349 e. The van der Waals surface area contributed by atoms with Gasteiger partial charge in [0.1, 0.15) is 15.7 Å². The second kappa shape index (κ2) is 8.30. The van der Waals surface area contributed by atoms with Crippen molar-refractivity contribution in [3.63, 3.8) is 0 Å². The maximum Gasteiger partial charge on any atom is 0.436 e. The van der Waals surface area contributed by atoms with Crippen LogP contribution in [0.1, 0.15) is 77.0 Å². The quantitative estimate of drug-likeness (QED) is 0.583. The molecule has 2 aromatic heterocycles. The number of nitrogens with zero attached hydrogens (tertiary/aromatic N) is 2. The van der Waals surface area contributed by atoms with Crippen molar-refractivity contribution in [1.82, 2.24) is 15.1 Å². The molecule has 0 spiro atoms. The molecule has 2 aliphatic carbocycles. The third-order valence-corrected chi connectivity index (χ3v) is 7.86. The van der Waals surface area contributed by atoms with Crippen LogP contribution in [-0.4, -0.2) is 27.6 Å². The van der Waals surface area contributed by atoms with E-state index in [4.69, 9.17) is 11.6 Å². The van der Waals surface area contributed by atoms with Crippen molar-refractivity contribution < 1.29 is 22.8 Å². The van der Waals surface area contributed by atoms with Crippen molar-refractivity contribution in [2.75, 3.05) is 5.32 Å². The minimum absolute atomic E-state index is 0.0950. The van der Waals surface area contributed by atoms with E-state index >= 15 is 0 Å². The van der Waals surface area contributed by atoms with Crippen LogP contribution in [-0.2, 0) is 26.1 Å². The molecule has 2 N–H and O–H groups in total. The Hall–Kier alpha value is -2.07. The van der Waals surface area contributed by atoms with Crippen LogP contribution in [0.5, 0.6) is 0 Å². The summed E-state index contributed by atoms with van der Waals surface area (Å²) in [5, 5.41) is 8.58. The molecule has 0 bridgehead atoms. The first-order chi connectivity index (χ1) is 15.3. The predicted octanol–water partition coefficient (Wildman–Crippen LogP) is 5.45. The Morgan fingerprint density at radius 1 is 1.15 bits per heavy atom. The molecule has 6 nitrogen and oxygen atoms in total. The highest BCUT2D eigenvalue weighted by Gasteiger charge is 2.40. The van der Waals surface area contributed by atoms with Crippen molar-refractivity contribution in [2.24, 2.45) is 18.4 Å². The average Bonchev–Trinajstić information content (AvgIpc) is 3.33. The monoisotopic (exact) mass is 502 g/mol. The lowest BCUT2D eigenvalue weighted by atomic mass is 9.72. The number of rotatable bonds is 4. The molecule has 180 valence electrons. The lowest BCUT2D eigenvalue weighted by Gasteiger charge is -2.33. The van der Waals surface area contributed by atoms with Gasteiger partial charge in [-0.3, -0.25) is 14.3 Å². The normalized spacial score (nSPS) is 18.7. The Bertz CT molecular complexity index is 1110. The number of hydrogen-bond acceptors (Lipinski definition) is 4. The molecule has 0 aliphatic heterocycles. The van der Waals surface area contributed by atoms with Gasteiger partial charge in [0, 0.05) is 18.0 Å². The van der Waals surface area contributed by atoms with Gasteiger partial charge in [-0.05, 0) is 49.0 Å². The Balaban J connectivity index is 1.69. The summed E-state index contributed by atoms with van der Waals surface area (Å²) < 4.78 is 40.3. The van der Waals surface area contributed by atoms with E-state index in [2.05, 4.69) is 36.5 Å². The van der Waals surface area contributed by atoms with Gasteiger partial charge in [-0.2, -0.15) is 18.3 Å². The number of anilines is 1. The zero-order chi connectivity index (χ0) is 24.3. The maximum absolute atomic E-state index is 13.2. The first-order valence-electron chi connectivity index (χ1n) is 10.8. The molecule has 11 heteroatoms. The van der Waals surface area contributed by atoms with Crippen LogP contribution in [0.15, 0.2) is 0 Å². The summed E-state index contributed by atoms with van der Waals surface area (Å²) in [6, 6.07) is 0.128. The standard InChI is InChI=1S/C22H26ClF3N4O2S/c1-21(2,3)10-5-8-12-13(9-10)33-20(14(12)18(31)27-11-6-7-11)28-19(32)16-15(23)17(22(24,25)26)29-30(16)4/h10-11H,5-9H2,1-4H3,(H,27,31)(H,28,32). The van der Waals surface area contributed by atoms with Gasteiger partial charge < -0.3 is 10.6 Å². The third kappa shape index (κ3) is 4.77. The number of alkyl halides is 3. The molecule has 0 aromatic carbocycles. The molecule has 1 fully saturated rings. The van der Waals surface area contributed by atoms with Crippen LogP contribution in [0.2, 0.25) is 5.02 Å². The fourth-order valence-electron chi connectivity index (χ4n) is 4.23. The van der Waals surface area contributed by atoms with Gasteiger partial charge >= 0.3 is 6.18 Å². The molecule has 1 saturated carbocycles. The number of aromatic nitrogens is 2. The van der Waals surface area contributed by atoms with Crippen LogP contribution in [0.4, 0.5) is 18.2 Å². The van der Waals surface area contributed by atoms with Crippen LogP contribution < -0.4 is 10.6 Å². The number of aryl methyl sites for hydroxylation is 1. The van der Waals surface area contributed by atoms with Crippen molar-refractivity contribution in [1.29, 1.82) is 0 Å². The van der Waals surface area contributed by atoms with Crippen LogP contribution >= 0.6 is 22.9 Å². The topological polar surface area (TPSA) is 76.0 Å². The van der Waals surface area contributed by atoms with E-state index < -0.39 is 28.5 Å². The maximum atomic E-state index is 13.2. The highest BCUT2D eigenvalue weighted by atomic mass is 35.5. The number of carbonyl (C=O) groups is 2. The van der Waals surface area contributed by atoms with Crippen molar-refractivity contribution in [3.05, 3.63) is 32.4 Å². The number of carbonyl (C=O) groups excluding carboxylic acids is 2. The number of nitrogens with one attached hydrogen (secondary N) is 2. The minimum Gasteiger partial charge on any atom is -0.349 e. The first-order valence-corrected chi connectivity index (χ1v) is 12.0. The first kappa shape index (κ1) is 24.1. The van der Waals surface area contributed by atoms with Crippen LogP contribution in [0.3, 0.4) is 0 Å². The van der Waals surface area contributed by atoms with Gasteiger partial charge in [-0.15, -0.1) is 11.3 Å². The fraction of sp³-hybridized carbons (Fsp3) is 0.591. The molecule has 2 heterocycles. The largest absolute Gasteiger partial charge is 0.436 e. The Morgan fingerprint density at radius 2 is 1.82 bits per heavy atom. The van der Waals surface area contributed by atoms with Crippen molar-refractivity contribution in [2.45, 2.75) is 65.1 Å². The molecular formula is C22H26ClF3N4O2S. The van der Waals surface area contributed by atoms with Crippen LogP contribution in [0.25, 0.3) is 0 Å². The highest BCUT2D eigenvalue weighted by Crippen LogP contribution is 2.45. The van der Waals surface area contributed by atoms with Crippen molar-refractivity contribution in [3.8, 4) is 0 Å². The van der Waals surface area contributed by atoms with E-state index in [-0.39, 0.29) is 17.4 Å². The summed E-state index contributed by atoms with van der Waals surface area (Å²) in [6.07, 6.45) is -0.539. The second-order valence-corrected chi connectivity index (χ2v) is 11.3. The summed E-state index contributed by atoms with van der Waals surface area (Å²) >= 11 is 7.20. The van der Waals surface area contributed by atoms with E-state index in [0.29, 0.717) is 22.9 Å². The molecule has 1 unspecified atom stereocenters. The minimum atomic E-state index is -4.79. The van der Waals surface area contributed by atoms with Crippen molar-refractivity contribution >= 4 is 39.8 Å². The third-order valence-electron chi connectivity index (χ3n) is 6.33. The summed E-state index contributed by atoms with van der Waals surface area (Å²) in [5.41, 5.74) is -0.297. The number of amides is 2. The molecule has 2 aliphatic rings. The molecule has 4 rings (SSSR count). The lowest BCUT2D eigenvalue weighted by Crippen LogP contribution is -2.29. The zero-order valence-electron chi connectivity index (χ0n) is 18.8. The second-order valence-electron chi connectivity index (χ2n) is 9.85. The van der Waals surface area contributed by atoms with E-state index in [1.54, 1.807) is 0 Å². The SMILES string of the molecule is Cn1nc(C(F)(F)F)c(Cl)c1C(=O)Nc1sc2c(c1C(=O)NC1CC1)CCC(C(C)(C)C)C2. The predicted molar refractivity (Wildman–Crippen MR) is 121 cm³/mol. The molecule has 1 atom stereocenters. The molecule has 0 radical (unpaired) electrons. The highest BCUT2D eigenvalue weighted by molar-refractivity contribution is 7.17. The van der Waals surface area contributed by atoms with E-state index in [0.717, 1.165) is 40.8 Å². The van der Waals surface area contributed by atoms with E-state index in [9.17, 15) is 22.8 Å². The summed E-state index contributed by atoms with van der Waals surface area (Å²) in [4.78, 5) is 27.1. The Kier molecular flexibility index (Phi) is 6.05. The average molecular weight is 503 g/mol. The fourth-order valence-corrected chi connectivity index (χ4v) is 5.90. The summed E-state index contributed by atoms with van der Waals surface area (Å²) in [6.45, 7) is 6.55. The molecule has 2 aromatic rings. The number of halogens is 4. The lowest BCUT2D eigenvalue weighted by molar-refractivity contribution is -0.141. The van der Waals surface area contributed by atoms with Gasteiger partial charge in [0.25, 0.3) is 11.8 Å². The molecule has 0 saturated heterocycles. The molecule has 2 amide bonds. The summed E-state index contributed by atoms with van der Waals surface area (Å²) in [7, 11) is 1.23. The van der Waals surface area contributed by atoms with Gasteiger partial charge in [-0.1, -0.05) is 32.4 Å². The van der Waals surface area contributed by atoms with Gasteiger partial charge in [0.15, 0.2) is 5.69 Å². The number of hydrogen-bond donors (Lipinski definition) is 2. The summed E-state index contributed by atoms with van der Waals surface area (Å²) in [5.74, 6) is -0.670. The van der Waals surface area contributed by atoms with Gasteiger partial charge in [-0.25, -0.2) is 0 Å². The van der Waals surface area contributed by atoms with Gasteiger partial charge in [0.05, 0.1) is 5.56 Å². The van der Waals surface area contributed by atoms with E-state index in [1.165, 1.54) is 18.4 Å². The number of thiophene rings is 1. The van der Waals surface area contributed by atoms with E-state index in [1.807, 2.05) is 0 Å². The Morgan fingerprint density at radius 3 is 2.36 bits per heavy atom. The zero-order valence-corrected chi connectivity index (χ0v) is 20.4. The Labute approximate surface area is 198 Å². The molecule has 33 heavy (non-hydrogen) atoms.